The summed E-state index contributed by atoms with van der Waals surface area (Å²) in [6.07, 6.45) is 0.198. The van der Waals surface area contributed by atoms with Gasteiger partial charge in [-0.05, 0) is 24.6 Å². The molecule has 3 N–H and O–H groups in total. The van der Waals surface area contributed by atoms with Crippen molar-refractivity contribution in [2.75, 3.05) is 12.0 Å². The smallest absolute Gasteiger partial charge is 0.262 e. The number of fused-ring (bicyclic) bond motifs is 1. The van der Waals surface area contributed by atoms with E-state index in [1.807, 2.05) is 37.3 Å². The summed E-state index contributed by atoms with van der Waals surface area (Å²) in [4.78, 5) is 40.8. The van der Waals surface area contributed by atoms with Crippen LogP contribution in [0.1, 0.15) is 12.5 Å². The molecule has 0 unspecified atom stereocenters. The molecule has 1 heterocycles. The van der Waals surface area contributed by atoms with Gasteiger partial charge in [0.1, 0.15) is 0 Å². The number of hydrogen-bond donors (Lipinski definition) is 3. The van der Waals surface area contributed by atoms with Gasteiger partial charge in [0.25, 0.3) is 11.5 Å². The van der Waals surface area contributed by atoms with E-state index in [1.54, 1.807) is 24.3 Å². The van der Waals surface area contributed by atoms with E-state index in [4.69, 9.17) is 0 Å². The third-order valence-corrected chi connectivity index (χ3v) is 4.15. The number of benzene rings is 2. The van der Waals surface area contributed by atoms with Crippen LogP contribution in [0.25, 0.3) is 10.9 Å². The van der Waals surface area contributed by atoms with Crippen molar-refractivity contribution in [3.8, 4) is 0 Å². The summed E-state index contributed by atoms with van der Waals surface area (Å²) in [6, 6.07) is 16.3. The molecule has 0 aliphatic rings. The lowest BCUT2D eigenvalue weighted by Gasteiger charge is -2.14. The van der Waals surface area contributed by atoms with Crippen molar-refractivity contribution in [1.29, 1.82) is 0 Å². The third kappa shape index (κ3) is 4.53. The molecule has 0 saturated heterocycles. The summed E-state index contributed by atoms with van der Waals surface area (Å²) in [5.74, 6) is -0.475. The second kappa shape index (κ2) is 8.81. The van der Waals surface area contributed by atoms with E-state index in [0.717, 1.165) is 5.56 Å². The number of hydrazine groups is 1. The summed E-state index contributed by atoms with van der Waals surface area (Å²) in [7, 11) is 0. The Balaban J connectivity index is 1.58. The highest BCUT2D eigenvalue weighted by molar-refractivity contribution is 5.86. The minimum Gasteiger partial charge on any atom is -0.347 e. The summed E-state index contributed by atoms with van der Waals surface area (Å²) in [5.41, 5.74) is 6.34. The zero-order valence-electron chi connectivity index (χ0n) is 15.4. The largest absolute Gasteiger partial charge is 0.347 e. The van der Waals surface area contributed by atoms with Crippen molar-refractivity contribution in [2.45, 2.75) is 19.9 Å². The molecule has 0 atom stereocenters. The topological polar surface area (TPSA) is 105 Å². The van der Waals surface area contributed by atoms with Gasteiger partial charge in [-0.1, -0.05) is 42.5 Å². The maximum Gasteiger partial charge on any atom is 0.262 e. The van der Waals surface area contributed by atoms with Gasteiger partial charge >= 0.3 is 0 Å². The quantitative estimate of drug-likeness (QED) is 0.536. The lowest BCUT2D eigenvalue weighted by molar-refractivity contribution is -0.125. The molecule has 3 aromatic rings. The second-order valence-corrected chi connectivity index (χ2v) is 6.11. The van der Waals surface area contributed by atoms with E-state index in [-0.39, 0.29) is 30.4 Å². The summed E-state index contributed by atoms with van der Waals surface area (Å²) < 4.78 is 1.43. The lowest BCUT2D eigenvalue weighted by Crippen LogP contribution is -2.41. The van der Waals surface area contributed by atoms with E-state index in [9.17, 15) is 14.4 Å². The molecule has 0 fully saturated rings. The number of carbonyl (C=O) groups excluding carboxylic acids is 2. The van der Waals surface area contributed by atoms with Gasteiger partial charge < -0.3 is 5.32 Å². The maximum absolute atomic E-state index is 12.5. The fourth-order valence-electron chi connectivity index (χ4n) is 2.75. The SMILES string of the molecule is CCn1c(NNC(=O)CNC(=O)Cc2ccccc2)nc2ccccc2c1=O. The zero-order chi connectivity index (χ0) is 19.9. The van der Waals surface area contributed by atoms with E-state index in [0.29, 0.717) is 17.4 Å². The lowest BCUT2D eigenvalue weighted by atomic mass is 10.1. The first-order valence-electron chi connectivity index (χ1n) is 8.93. The number of carbonyl (C=O) groups is 2. The fourth-order valence-corrected chi connectivity index (χ4v) is 2.75. The molecule has 1 aromatic heterocycles. The average molecular weight is 379 g/mol. The number of nitrogens with zero attached hydrogens (tertiary/aromatic N) is 2. The Hall–Kier alpha value is -3.68. The van der Waals surface area contributed by atoms with Crippen LogP contribution < -0.4 is 21.7 Å². The van der Waals surface area contributed by atoms with E-state index >= 15 is 0 Å². The minimum atomic E-state index is -0.452. The number of amides is 2. The molecule has 0 aliphatic carbocycles. The summed E-state index contributed by atoms with van der Waals surface area (Å²) in [6.45, 7) is 2.01. The zero-order valence-corrected chi connectivity index (χ0v) is 15.4. The first kappa shape index (κ1) is 19.1. The van der Waals surface area contributed by atoms with E-state index in [2.05, 4.69) is 21.2 Å². The number of para-hydroxylation sites is 1. The van der Waals surface area contributed by atoms with Crippen molar-refractivity contribution in [3.05, 3.63) is 70.5 Å². The van der Waals surface area contributed by atoms with Gasteiger partial charge in [0.05, 0.1) is 23.9 Å². The predicted molar refractivity (Wildman–Crippen MR) is 107 cm³/mol. The maximum atomic E-state index is 12.5. The molecule has 2 aromatic carbocycles. The molecule has 0 aliphatic heterocycles. The standard InChI is InChI=1S/C20H21N5O3/c1-2-25-19(28)15-10-6-7-11-16(15)22-20(25)24-23-18(27)13-21-17(26)12-14-8-4-3-5-9-14/h3-11H,2,12-13H2,1H3,(H,21,26)(H,22,24)(H,23,27). The molecule has 2 amide bonds. The van der Waals surface area contributed by atoms with Gasteiger partial charge in [-0.25, -0.2) is 4.98 Å². The Morgan fingerprint density at radius 3 is 2.46 bits per heavy atom. The van der Waals surface area contributed by atoms with Crippen LogP contribution in [0.5, 0.6) is 0 Å². The van der Waals surface area contributed by atoms with Crippen molar-refractivity contribution < 1.29 is 9.59 Å². The van der Waals surface area contributed by atoms with Crippen LogP contribution in [0.3, 0.4) is 0 Å². The van der Waals surface area contributed by atoms with Crippen molar-refractivity contribution in [2.24, 2.45) is 0 Å². The molecule has 8 heteroatoms. The van der Waals surface area contributed by atoms with Gasteiger partial charge in [-0.3, -0.25) is 29.8 Å². The van der Waals surface area contributed by atoms with Gasteiger partial charge in [0.15, 0.2) is 0 Å². The number of nitrogens with one attached hydrogen (secondary N) is 3. The van der Waals surface area contributed by atoms with Crippen LogP contribution in [-0.2, 0) is 22.6 Å². The van der Waals surface area contributed by atoms with Crippen molar-refractivity contribution in [1.82, 2.24) is 20.3 Å². The number of rotatable bonds is 7. The number of aromatic nitrogens is 2. The van der Waals surface area contributed by atoms with Crippen LogP contribution in [0.4, 0.5) is 5.95 Å². The molecular weight excluding hydrogens is 358 g/mol. The van der Waals surface area contributed by atoms with Crippen LogP contribution in [-0.4, -0.2) is 27.9 Å². The Morgan fingerprint density at radius 2 is 1.71 bits per heavy atom. The fraction of sp³-hybridized carbons (Fsp3) is 0.200. The second-order valence-electron chi connectivity index (χ2n) is 6.11. The third-order valence-electron chi connectivity index (χ3n) is 4.15. The first-order chi connectivity index (χ1) is 13.6. The Morgan fingerprint density at radius 1 is 1.00 bits per heavy atom. The summed E-state index contributed by atoms with van der Waals surface area (Å²) in [5, 5.41) is 3.07. The van der Waals surface area contributed by atoms with Crippen molar-refractivity contribution in [3.63, 3.8) is 0 Å². The predicted octanol–water partition coefficient (Wildman–Crippen LogP) is 1.22. The molecule has 144 valence electrons. The van der Waals surface area contributed by atoms with Crippen LogP contribution >= 0.6 is 0 Å². The highest BCUT2D eigenvalue weighted by Gasteiger charge is 2.11. The van der Waals surface area contributed by atoms with Crippen molar-refractivity contribution >= 4 is 28.7 Å². The van der Waals surface area contributed by atoms with Gasteiger partial charge in [0.2, 0.25) is 11.9 Å². The molecule has 8 nitrogen and oxygen atoms in total. The average Bonchev–Trinajstić information content (AvgIpc) is 2.71. The molecule has 0 bridgehead atoms. The molecule has 0 saturated carbocycles. The molecular formula is C20H21N5O3. The van der Waals surface area contributed by atoms with Gasteiger partial charge in [-0.15, -0.1) is 0 Å². The van der Waals surface area contributed by atoms with E-state index < -0.39 is 5.91 Å². The highest BCUT2D eigenvalue weighted by atomic mass is 16.2. The molecule has 28 heavy (non-hydrogen) atoms. The highest BCUT2D eigenvalue weighted by Crippen LogP contribution is 2.10. The van der Waals surface area contributed by atoms with Crippen LogP contribution in [0.2, 0.25) is 0 Å². The normalized spacial score (nSPS) is 10.5. The Kier molecular flexibility index (Phi) is 6.01. The number of anilines is 1. The Labute approximate surface area is 161 Å². The van der Waals surface area contributed by atoms with Gasteiger partial charge in [0, 0.05) is 6.54 Å². The molecule has 3 rings (SSSR count). The van der Waals surface area contributed by atoms with Crippen LogP contribution in [0.15, 0.2) is 59.4 Å². The number of hydrogen-bond acceptors (Lipinski definition) is 5. The van der Waals surface area contributed by atoms with Gasteiger partial charge in [-0.2, -0.15) is 0 Å². The first-order valence-corrected chi connectivity index (χ1v) is 8.93. The van der Waals surface area contributed by atoms with Crippen LogP contribution in [0, 0.1) is 0 Å². The Bertz CT molecular complexity index is 1050. The monoisotopic (exact) mass is 379 g/mol. The van der Waals surface area contributed by atoms with E-state index in [1.165, 1.54) is 4.57 Å². The molecule has 0 radical (unpaired) electrons. The molecule has 0 spiro atoms. The summed E-state index contributed by atoms with van der Waals surface area (Å²) >= 11 is 0. The minimum absolute atomic E-state index is 0.192.